The number of rotatable bonds is 6. The highest BCUT2D eigenvalue weighted by Crippen LogP contribution is 2.28. The third kappa shape index (κ3) is 3.60. The van der Waals surface area contributed by atoms with Gasteiger partial charge in [0.2, 0.25) is 11.6 Å². The Morgan fingerprint density at radius 1 is 1.17 bits per heavy atom. The molecule has 0 bridgehead atoms. The molecule has 0 saturated heterocycles. The molecule has 10 nitrogen and oxygen atoms in total. The number of carbonyl (C=O) groups is 1. The van der Waals surface area contributed by atoms with E-state index < -0.39 is 5.97 Å². The first-order valence-corrected chi connectivity index (χ1v) is 8.66. The van der Waals surface area contributed by atoms with Crippen LogP contribution in [0, 0.1) is 0 Å². The molecule has 0 atom stereocenters. The highest BCUT2D eigenvalue weighted by Gasteiger charge is 2.24. The second-order valence-electron chi connectivity index (χ2n) is 5.88. The van der Waals surface area contributed by atoms with Crippen LogP contribution in [0.15, 0.2) is 53.2 Å². The summed E-state index contributed by atoms with van der Waals surface area (Å²) in [6, 6.07) is 14.1. The van der Waals surface area contributed by atoms with Gasteiger partial charge in [-0.05, 0) is 40.6 Å². The van der Waals surface area contributed by atoms with E-state index in [0.29, 0.717) is 22.9 Å². The van der Waals surface area contributed by atoms with Gasteiger partial charge >= 0.3 is 5.97 Å². The molecule has 0 amide bonds. The number of ether oxygens (including phenoxy) is 1. The average molecular weight is 413 g/mol. The van der Waals surface area contributed by atoms with Crippen molar-refractivity contribution in [1.29, 1.82) is 0 Å². The molecular weight excluding hydrogens is 400 g/mol. The SMILES string of the molecule is Nc1nonc1-n1nnc(C(=O)O)c1-c1ccc(OCc2ccccc2Cl)cc1. The van der Waals surface area contributed by atoms with E-state index in [9.17, 15) is 9.90 Å². The molecule has 0 aliphatic rings. The lowest BCUT2D eigenvalue weighted by molar-refractivity contribution is 0.0691. The molecule has 0 spiro atoms. The number of benzene rings is 2. The molecule has 0 unspecified atom stereocenters. The summed E-state index contributed by atoms with van der Waals surface area (Å²) in [5, 5.41) is 24.7. The van der Waals surface area contributed by atoms with Gasteiger partial charge in [0.1, 0.15) is 18.1 Å². The zero-order valence-electron chi connectivity index (χ0n) is 14.7. The molecule has 4 rings (SSSR count). The van der Waals surface area contributed by atoms with Crippen molar-refractivity contribution in [2.75, 3.05) is 5.73 Å². The molecule has 4 aromatic rings. The van der Waals surface area contributed by atoms with Crippen LogP contribution in [0.25, 0.3) is 17.1 Å². The number of halogens is 1. The molecule has 0 saturated carbocycles. The number of aromatic carboxylic acids is 1. The van der Waals surface area contributed by atoms with Crippen LogP contribution in [0.1, 0.15) is 16.1 Å². The zero-order valence-corrected chi connectivity index (χ0v) is 15.4. The van der Waals surface area contributed by atoms with Crippen LogP contribution in [0.2, 0.25) is 5.02 Å². The molecule has 0 aliphatic heterocycles. The minimum absolute atomic E-state index is 0.0408. The number of aromatic nitrogens is 5. The first kappa shape index (κ1) is 18.4. The Morgan fingerprint density at radius 3 is 2.59 bits per heavy atom. The van der Waals surface area contributed by atoms with Gasteiger partial charge in [-0.1, -0.05) is 35.0 Å². The number of nitrogen functional groups attached to an aromatic ring is 1. The minimum Gasteiger partial charge on any atom is -0.489 e. The Balaban J connectivity index is 1.64. The van der Waals surface area contributed by atoms with Crippen LogP contribution in [-0.4, -0.2) is 36.4 Å². The summed E-state index contributed by atoms with van der Waals surface area (Å²) >= 11 is 6.13. The first-order chi connectivity index (χ1) is 14.0. The molecular formula is C18H13ClN6O4. The summed E-state index contributed by atoms with van der Waals surface area (Å²) in [5.41, 5.74) is 6.98. The quantitative estimate of drug-likeness (QED) is 0.488. The van der Waals surface area contributed by atoms with E-state index in [0.717, 1.165) is 10.2 Å². The number of hydrogen-bond donors (Lipinski definition) is 2. The Labute approximate surface area is 168 Å². The molecule has 2 aromatic heterocycles. The van der Waals surface area contributed by atoms with E-state index in [1.54, 1.807) is 30.3 Å². The van der Waals surface area contributed by atoms with Crippen molar-refractivity contribution in [3.05, 3.63) is 64.8 Å². The van der Waals surface area contributed by atoms with E-state index in [-0.39, 0.29) is 23.0 Å². The van der Waals surface area contributed by atoms with Crippen molar-refractivity contribution >= 4 is 23.4 Å². The smallest absolute Gasteiger partial charge is 0.358 e. The lowest BCUT2D eigenvalue weighted by atomic mass is 10.1. The van der Waals surface area contributed by atoms with Gasteiger partial charge in [-0.2, -0.15) is 4.68 Å². The summed E-state index contributed by atoms with van der Waals surface area (Å²) in [6.45, 7) is 0.292. The monoisotopic (exact) mass is 412 g/mol. The maximum Gasteiger partial charge on any atom is 0.358 e. The highest BCUT2D eigenvalue weighted by molar-refractivity contribution is 6.31. The summed E-state index contributed by atoms with van der Waals surface area (Å²) in [4.78, 5) is 11.6. The molecule has 11 heteroatoms. The zero-order chi connectivity index (χ0) is 20.4. The highest BCUT2D eigenvalue weighted by atomic mass is 35.5. The van der Waals surface area contributed by atoms with Crippen molar-refractivity contribution in [2.24, 2.45) is 0 Å². The molecule has 29 heavy (non-hydrogen) atoms. The van der Waals surface area contributed by atoms with E-state index in [2.05, 4.69) is 25.3 Å². The number of carboxylic acids is 1. The second-order valence-corrected chi connectivity index (χ2v) is 6.29. The summed E-state index contributed by atoms with van der Waals surface area (Å²) in [5.74, 6) is -0.681. The van der Waals surface area contributed by atoms with Crippen molar-refractivity contribution < 1.29 is 19.3 Å². The third-order valence-electron chi connectivity index (χ3n) is 4.05. The Kier molecular flexibility index (Phi) is 4.83. The van der Waals surface area contributed by atoms with Crippen molar-refractivity contribution in [3.63, 3.8) is 0 Å². The van der Waals surface area contributed by atoms with Crippen LogP contribution < -0.4 is 10.5 Å². The van der Waals surface area contributed by atoms with E-state index in [1.807, 2.05) is 18.2 Å². The lowest BCUT2D eigenvalue weighted by Crippen LogP contribution is -2.05. The molecule has 3 N–H and O–H groups in total. The van der Waals surface area contributed by atoms with Gasteiger partial charge in [-0.25, -0.2) is 9.42 Å². The van der Waals surface area contributed by atoms with Crippen LogP contribution in [0.3, 0.4) is 0 Å². The molecule has 0 aliphatic carbocycles. The van der Waals surface area contributed by atoms with Gasteiger partial charge < -0.3 is 15.6 Å². The molecule has 2 aromatic carbocycles. The number of anilines is 1. The predicted molar refractivity (Wildman–Crippen MR) is 102 cm³/mol. The fourth-order valence-corrected chi connectivity index (χ4v) is 2.85. The summed E-state index contributed by atoms with van der Waals surface area (Å²) < 4.78 is 11.5. The Morgan fingerprint density at radius 2 is 1.93 bits per heavy atom. The van der Waals surface area contributed by atoms with Crippen LogP contribution in [0.4, 0.5) is 5.82 Å². The summed E-state index contributed by atoms with van der Waals surface area (Å²) in [7, 11) is 0. The van der Waals surface area contributed by atoms with Gasteiger partial charge in [-0.3, -0.25) is 0 Å². The maximum atomic E-state index is 11.6. The van der Waals surface area contributed by atoms with Gasteiger partial charge in [0.25, 0.3) is 0 Å². The topological polar surface area (TPSA) is 142 Å². The van der Waals surface area contributed by atoms with Crippen LogP contribution in [-0.2, 0) is 6.61 Å². The number of hydrogen-bond acceptors (Lipinski definition) is 8. The number of carboxylic acid groups (broad SMARTS) is 1. The first-order valence-electron chi connectivity index (χ1n) is 8.28. The second kappa shape index (κ2) is 7.60. The maximum absolute atomic E-state index is 11.6. The molecule has 0 radical (unpaired) electrons. The Hall–Kier alpha value is -3.92. The van der Waals surface area contributed by atoms with Crippen LogP contribution >= 0.6 is 11.6 Å². The van der Waals surface area contributed by atoms with E-state index >= 15 is 0 Å². The molecule has 2 heterocycles. The summed E-state index contributed by atoms with van der Waals surface area (Å²) in [6.07, 6.45) is 0. The average Bonchev–Trinajstić information content (AvgIpc) is 3.34. The van der Waals surface area contributed by atoms with Gasteiger partial charge in [0.05, 0.1) is 0 Å². The molecule has 0 fully saturated rings. The van der Waals surface area contributed by atoms with E-state index in [1.165, 1.54) is 0 Å². The van der Waals surface area contributed by atoms with Gasteiger partial charge in [0.15, 0.2) is 5.69 Å². The standard InChI is InChI=1S/C18H13ClN6O4/c19-13-4-2-1-3-11(13)9-28-12-7-5-10(6-8-12)15-14(18(26)27)21-24-25(15)17-16(20)22-29-23-17/h1-8H,9H2,(H2,20,22)(H,26,27). The lowest BCUT2D eigenvalue weighted by Gasteiger charge is -2.09. The fraction of sp³-hybridized carbons (Fsp3) is 0.0556. The third-order valence-corrected chi connectivity index (χ3v) is 4.42. The van der Waals surface area contributed by atoms with Gasteiger partial charge in [-0.15, -0.1) is 5.10 Å². The van der Waals surface area contributed by atoms with Crippen molar-refractivity contribution in [2.45, 2.75) is 6.61 Å². The van der Waals surface area contributed by atoms with Gasteiger partial charge in [0, 0.05) is 16.1 Å². The van der Waals surface area contributed by atoms with E-state index in [4.69, 9.17) is 22.1 Å². The van der Waals surface area contributed by atoms with Crippen molar-refractivity contribution in [1.82, 2.24) is 25.3 Å². The Bertz CT molecular complexity index is 1170. The largest absolute Gasteiger partial charge is 0.489 e. The van der Waals surface area contributed by atoms with Crippen molar-refractivity contribution in [3.8, 4) is 22.8 Å². The normalized spacial score (nSPS) is 10.8. The predicted octanol–water partition coefficient (Wildman–Crippen LogP) is 2.83. The molecule has 146 valence electrons. The number of nitrogens with zero attached hydrogens (tertiary/aromatic N) is 5. The fourth-order valence-electron chi connectivity index (χ4n) is 2.66. The minimum atomic E-state index is -1.25. The number of nitrogens with two attached hydrogens (primary N) is 1. The van der Waals surface area contributed by atoms with Crippen LogP contribution in [0.5, 0.6) is 5.75 Å².